The lowest BCUT2D eigenvalue weighted by molar-refractivity contribution is -0.147. The first-order valence-electron chi connectivity index (χ1n) is 9.51. The molecule has 0 saturated heterocycles. The Labute approximate surface area is 175 Å². The molecule has 1 aliphatic rings. The van der Waals surface area contributed by atoms with E-state index in [2.05, 4.69) is 0 Å². The molecule has 0 N–H and O–H groups in total. The second-order valence-corrected chi connectivity index (χ2v) is 7.34. The van der Waals surface area contributed by atoms with E-state index in [0.29, 0.717) is 19.5 Å². The molecule has 1 aliphatic heterocycles. The zero-order valence-corrected chi connectivity index (χ0v) is 17.0. The number of hydrogen-bond donors (Lipinski definition) is 0. The number of amides is 1. The maximum absolute atomic E-state index is 13.2. The Kier molecular flexibility index (Phi) is 7.30. The van der Waals surface area contributed by atoms with Gasteiger partial charge in [-0.3, -0.25) is 9.59 Å². The number of hydrogen-bond acceptors (Lipinski definition) is 4. The van der Waals surface area contributed by atoms with Crippen molar-refractivity contribution < 1.29 is 19.1 Å². The molecule has 0 bridgehead atoms. The third-order valence-corrected chi connectivity index (χ3v) is 5.22. The van der Waals surface area contributed by atoms with E-state index in [4.69, 9.17) is 21.1 Å². The minimum atomic E-state index is -1.04. The van der Waals surface area contributed by atoms with E-state index >= 15 is 0 Å². The average Bonchev–Trinajstić information content (AvgIpc) is 2.80. The second kappa shape index (κ2) is 10.1. The van der Waals surface area contributed by atoms with Gasteiger partial charge in [-0.05, 0) is 17.7 Å². The van der Waals surface area contributed by atoms with Crippen LogP contribution in [0.2, 0.25) is 0 Å². The van der Waals surface area contributed by atoms with Gasteiger partial charge < -0.3 is 14.4 Å². The Bertz CT molecular complexity index is 840. The normalized spacial score (nSPS) is 23.4. The molecule has 2 aromatic carbocycles. The third kappa shape index (κ3) is 5.61. The molecule has 0 spiro atoms. The number of ether oxygens (including phenoxy) is 2. The van der Waals surface area contributed by atoms with Crippen molar-refractivity contribution in [1.82, 2.24) is 4.90 Å². The molecule has 2 aromatic rings. The van der Waals surface area contributed by atoms with Gasteiger partial charge in [0.15, 0.2) is 0 Å². The molecular weight excluding hydrogens is 390 g/mol. The molecule has 1 heterocycles. The largest absolute Gasteiger partial charge is 0.488 e. The van der Waals surface area contributed by atoms with Gasteiger partial charge in [-0.25, -0.2) is 0 Å². The Balaban J connectivity index is 1.88. The topological polar surface area (TPSA) is 55.8 Å². The highest BCUT2D eigenvalue weighted by Gasteiger charge is 2.36. The average molecular weight is 414 g/mol. The van der Waals surface area contributed by atoms with Crippen molar-refractivity contribution in [2.45, 2.75) is 24.4 Å². The summed E-state index contributed by atoms with van der Waals surface area (Å²) in [6.45, 7) is 0.732. The Morgan fingerprint density at radius 1 is 1.10 bits per heavy atom. The van der Waals surface area contributed by atoms with Crippen LogP contribution in [0.4, 0.5) is 0 Å². The number of alkyl halides is 1. The fraction of sp³-hybridized carbons (Fsp3) is 0.304. The van der Waals surface area contributed by atoms with Gasteiger partial charge in [0.1, 0.15) is 23.1 Å². The van der Waals surface area contributed by atoms with E-state index < -0.39 is 17.3 Å². The van der Waals surface area contributed by atoms with Crippen molar-refractivity contribution in [3.8, 4) is 5.75 Å². The lowest BCUT2D eigenvalue weighted by Gasteiger charge is -2.29. The standard InChI is InChI=1S/C23H24ClNO4/c1-28-23(27)20-14-8-13-19(29-18-11-6-3-7-12-18)16-25(22(26)21(20)24)15-17-9-4-2-5-10-17/h2-12,14,19-21H,13,15-16H2,1H3/b14-8+/t19-,20-,21-/m1/s1. The summed E-state index contributed by atoms with van der Waals surface area (Å²) in [6, 6.07) is 19.1. The second-order valence-electron chi connectivity index (χ2n) is 6.87. The van der Waals surface area contributed by atoms with Gasteiger partial charge in [0, 0.05) is 13.0 Å². The molecule has 5 nitrogen and oxygen atoms in total. The highest BCUT2D eigenvalue weighted by atomic mass is 35.5. The molecule has 0 fully saturated rings. The van der Waals surface area contributed by atoms with Gasteiger partial charge in [0.2, 0.25) is 5.91 Å². The zero-order valence-electron chi connectivity index (χ0n) is 16.2. The van der Waals surface area contributed by atoms with Crippen LogP contribution in [0.25, 0.3) is 0 Å². The summed E-state index contributed by atoms with van der Waals surface area (Å²) in [4.78, 5) is 27.0. The molecule has 3 rings (SSSR count). The van der Waals surface area contributed by atoms with Crippen LogP contribution >= 0.6 is 11.6 Å². The summed E-state index contributed by atoms with van der Waals surface area (Å²) >= 11 is 6.44. The number of halogens is 1. The molecule has 0 radical (unpaired) electrons. The van der Waals surface area contributed by atoms with Gasteiger partial charge >= 0.3 is 5.97 Å². The Morgan fingerprint density at radius 2 is 1.76 bits per heavy atom. The van der Waals surface area contributed by atoms with Crippen molar-refractivity contribution in [3.63, 3.8) is 0 Å². The molecular formula is C23H24ClNO4. The highest BCUT2D eigenvalue weighted by Crippen LogP contribution is 2.23. The zero-order chi connectivity index (χ0) is 20.6. The van der Waals surface area contributed by atoms with E-state index in [0.717, 1.165) is 11.3 Å². The molecule has 152 valence electrons. The fourth-order valence-electron chi connectivity index (χ4n) is 3.27. The minimum Gasteiger partial charge on any atom is -0.488 e. The molecule has 0 saturated carbocycles. The van der Waals surface area contributed by atoms with Crippen LogP contribution in [0.15, 0.2) is 72.8 Å². The first-order chi connectivity index (χ1) is 14.1. The number of rotatable bonds is 5. The SMILES string of the molecule is COC(=O)[C@@H]1/C=C/C[C@@H](Oc2ccccc2)CN(Cc2ccccc2)C(=O)[C@@H]1Cl. The third-order valence-electron chi connectivity index (χ3n) is 4.76. The number of carbonyl (C=O) groups excluding carboxylic acids is 2. The summed E-state index contributed by atoms with van der Waals surface area (Å²) in [7, 11) is 1.29. The van der Waals surface area contributed by atoms with Gasteiger partial charge in [-0.15, -0.1) is 11.6 Å². The Morgan fingerprint density at radius 3 is 2.41 bits per heavy atom. The molecule has 6 heteroatoms. The van der Waals surface area contributed by atoms with E-state index in [1.54, 1.807) is 11.0 Å². The monoisotopic (exact) mass is 413 g/mol. The lowest BCUT2D eigenvalue weighted by Crippen LogP contribution is -2.45. The van der Waals surface area contributed by atoms with Crippen LogP contribution in [0.5, 0.6) is 5.75 Å². The molecule has 29 heavy (non-hydrogen) atoms. The summed E-state index contributed by atoms with van der Waals surface area (Å²) in [6.07, 6.45) is 3.74. The number of benzene rings is 2. The van der Waals surface area contributed by atoms with Gasteiger partial charge in [0.05, 0.1) is 13.7 Å². The smallest absolute Gasteiger partial charge is 0.314 e. The maximum atomic E-state index is 13.2. The number of nitrogens with zero attached hydrogens (tertiary/aromatic N) is 1. The van der Waals surface area contributed by atoms with Crippen LogP contribution in [0.1, 0.15) is 12.0 Å². The van der Waals surface area contributed by atoms with Crippen LogP contribution in [0.3, 0.4) is 0 Å². The molecule has 0 aliphatic carbocycles. The first kappa shape index (κ1) is 20.9. The summed E-state index contributed by atoms with van der Waals surface area (Å²) < 4.78 is 11.0. The molecule has 0 aromatic heterocycles. The van der Waals surface area contributed by atoms with Crippen LogP contribution in [-0.4, -0.2) is 41.9 Å². The van der Waals surface area contributed by atoms with Crippen LogP contribution in [-0.2, 0) is 20.9 Å². The first-order valence-corrected chi connectivity index (χ1v) is 9.95. The molecule has 3 atom stereocenters. The summed E-state index contributed by atoms with van der Waals surface area (Å²) in [5.74, 6) is -0.970. The van der Waals surface area contributed by atoms with Crippen molar-refractivity contribution in [3.05, 3.63) is 78.4 Å². The fourth-order valence-corrected chi connectivity index (χ4v) is 3.60. The number of carbonyl (C=O) groups is 2. The number of methoxy groups -OCH3 is 1. The van der Waals surface area contributed by atoms with Crippen molar-refractivity contribution >= 4 is 23.5 Å². The summed E-state index contributed by atoms with van der Waals surface area (Å²) in [5, 5.41) is -1.04. The van der Waals surface area contributed by atoms with Crippen molar-refractivity contribution in [2.24, 2.45) is 5.92 Å². The Hall–Kier alpha value is -2.79. The van der Waals surface area contributed by atoms with E-state index in [9.17, 15) is 9.59 Å². The van der Waals surface area contributed by atoms with E-state index in [-0.39, 0.29) is 12.0 Å². The van der Waals surface area contributed by atoms with E-state index in [1.165, 1.54) is 7.11 Å². The van der Waals surface area contributed by atoms with Crippen LogP contribution in [0, 0.1) is 5.92 Å². The maximum Gasteiger partial charge on any atom is 0.314 e. The van der Waals surface area contributed by atoms with E-state index in [1.807, 2.05) is 66.7 Å². The minimum absolute atomic E-state index is 0.276. The van der Waals surface area contributed by atoms with Crippen LogP contribution < -0.4 is 4.74 Å². The molecule has 1 amide bonds. The quantitative estimate of drug-likeness (QED) is 0.425. The van der Waals surface area contributed by atoms with Gasteiger partial charge in [0.25, 0.3) is 0 Å². The highest BCUT2D eigenvalue weighted by molar-refractivity contribution is 6.32. The van der Waals surface area contributed by atoms with Gasteiger partial charge in [-0.1, -0.05) is 60.7 Å². The molecule has 0 unspecified atom stereocenters. The van der Waals surface area contributed by atoms with Crippen molar-refractivity contribution in [2.75, 3.05) is 13.7 Å². The van der Waals surface area contributed by atoms with Crippen molar-refractivity contribution in [1.29, 1.82) is 0 Å². The predicted molar refractivity (Wildman–Crippen MR) is 112 cm³/mol. The number of para-hydroxylation sites is 1. The predicted octanol–water partition coefficient (Wildman–Crippen LogP) is 3.82. The van der Waals surface area contributed by atoms with Gasteiger partial charge in [-0.2, -0.15) is 0 Å². The number of esters is 1. The lowest BCUT2D eigenvalue weighted by atomic mass is 10.0. The summed E-state index contributed by atoms with van der Waals surface area (Å²) in [5.41, 5.74) is 0.977.